The molecule has 0 spiro atoms. The predicted octanol–water partition coefficient (Wildman–Crippen LogP) is 3.28. The zero-order valence-electron chi connectivity index (χ0n) is 15.0. The molecule has 0 aliphatic rings. The maximum atomic E-state index is 12.5. The minimum absolute atomic E-state index is 0.0478. The summed E-state index contributed by atoms with van der Waals surface area (Å²) in [6, 6.07) is 11.4. The van der Waals surface area contributed by atoms with Crippen molar-refractivity contribution in [1.82, 2.24) is 4.72 Å². The molecule has 0 fully saturated rings. The molecule has 0 heterocycles. The van der Waals surface area contributed by atoms with Gasteiger partial charge in [-0.1, -0.05) is 47.7 Å². The van der Waals surface area contributed by atoms with Crippen molar-refractivity contribution in [3.05, 3.63) is 58.7 Å². The van der Waals surface area contributed by atoms with Gasteiger partial charge in [0, 0.05) is 0 Å². The van der Waals surface area contributed by atoms with E-state index in [0.29, 0.717) is 4.90 Å². The van der Waals surface area contributed by atoms with Gasteiger partial charge in [0.2, 0.25) is 10.0 Å². The molecule has 0 unspecified atom stereocenters. The van der Waals surface area contributed by atoms with Gasteiger partial charge >= 0.3 is 0 Å². The average molecular weight is 357 g/mol. The highest BCUT2D eigenvalue weighted by Crippen LogP contribution is 2.21. The van der Waals surface area contributed by atoms with Crippen LogP contribution in [0.3, 0.4) is 0 Å². The number of benzene rings is 2. The molecule has 0 saturated carbocycles. The van der Waals surface area contributed by atoms with Gasteiger partial charge in [-0.25, -0.2) is 8.42 Å². The van der Waals surface area contributed by atoms with Gasteiger partial charge in [-0.15, -0.1) is 0 Å². The molecular weight excluding hydrogens is 334 g/mol. The van der Waals surface area contributed by atoms with Gasteiger partial charge in [-0.2, -0.15) is 4.72 Å². The molecule has 2 aromatic rings. The first kappa shape index (κ1) is 19.0. The van der Waals surface area contributed by atoms with E-state index in [4.69, 9.17) is 4.74 Å². The van der Waals surface area contributed by atoms with Crippen molar-refractivity contribution < 1.29 is 13.2 Å². The Labute approximate surface area is 150 Å². The third-order valence-corrected chi connectivity index (χ3v) is 5.45. The summed E-state index contributed by atoms with van der Waals surface area (Å²) in [6.07, 6.45) is 0. The van der Waals surface area contributed by atoms with E-state index in [-0.39, 0.29) is 13.2 Å². The normalized spacial score (nSPS) is 10.9. The number of ether oxygens (including phenoxy) is 1. The van der Waals surface area contributed by atoms with Gasteiger partial charge in [0.15, 0.2) is 0 Å². The Bertz CT molecular complexity index is 898. The maximum absolute atomic E-state index is 12.5. The van der Waals surface area contributed by atoms with Crippen LogP contribution in [-0.2, 0) is 10.0 Å². The fourth-order valence-electron chi connectivity index (χ4n) is 2.74. The summed E-state index contributed by atoms with van der Waals surface area (Å²) < 4.78 is 33.0. The van der Waals surface area contributed by atoms with Crippen LogP contribution in [0.5, 0.6) is 5.75 Å². The molecule has 0 amide bonds. The van der Waals surface area contributed by atoms with Crippen LogP contribution in [0.2, 0.25) is 0 Å². The average Bonchev–Trinajstić information content (AvgIpc) is 2.51. The molecule has 0 aliphatic heterocycles. The van der Waals surface area contributed by atoms with Crippen LogP contribution < -0.4 is 9.46 Å². The molecule has 0 aromatic heterocycles. The van der Waals surface area contributed by atoms with Crippen LogP contribution >= 0.6 is 0 Å². The SMILES string of the molecule is Cc1cc(C)c(S(=O)(=O)NCC#CCOc2ccccc2C)c(C)c1. The molecule has 132 valence electrons. The van der Waals surface area contributed by atoms with Crippen molar-refractivity contribution in [2.45, 2.75) is 32.6 Å². The highest BCUT2D eigenvalue weighted by Gasteiger charge is 2.18. The minimum Gasteiger partial charge on any atom is -0.481 e. The fraction of sp³-hybridized carbons (Fsp3) is 0.300. The zero-order valence-corrected chi connectivity index (χ0v) is 15.8. The molecule has 5 heteroatoms. The van der Waals surface area contributed by atoms with E-state index in [2.05, 4.69) is 16.6 Å². The van der Waals surface area contributed by atoms with Gasteiger partial charge in [-0.3, -0.25) is 0 Å². The van der Waals surface area contributed by atoms with E-state index >= 15 is 0 Å². The van der Waals surface area contributed by atoms with E-state index in [0.717, 1.165) is 28.0 Å². The van der Waals surface area contributed by atoms with Gasteiger partial charge in [0.25, 0.3) is 0 Å². The molecule has 2 rings (SSSR count). The van der Waals surface area contributed by atoms with E-state index < -0.39 is 10.0 Å². The van der Waals surface area contributed by atoms with Crippen LogP contribution in [0.25, 0.3) is 0 Å². The summed E-state index contributed by atoms with van der Waals surface area (Å²) in [6.45, 7) is 7.78. The Morgan fingerprint density at radius 1 is 0.960 bits per heavy atom. The van der Waals surface area contributed by atoms with Gasteiger partial charge in [0.1, 0.15) is 12.4 Å². The Hall–Kier alpha value is -2.29. The van der Waals surface area contributed by atoms with E-state index in [1.165, 1.54) is 0 Å². The number of rotatable bonds is 5. The third kappa shape index (κ3) is 5.09. The van der Waals surface area contributed by atoms with Gasteiger partial charge in [0.05, 0.1) is 11.4 Å². The molecule has 0 saturated heterocycles. The molecule has 1 N–H and O–H groups in total. The number of aryl methyl sites for hydroxylation is 4. The van der Waals surface area contributed by atoms with Gasteiger partial charge in [-0.05, 0) is 50.5 Å². The van der Waals surface area contributed by atoms with E-state index in [1.54, 1.807) is 13.8 Å². The van der Waals surface area contributed by atoms with Crippen molar-refractivity contribution in [3.8, 4) is 17.6 Å². The number of para-hydroxylation sites is 1. The molecule has 0 bridgehead atoms. The first-order chi connectivity index (χ1) is 11.8. The Morgan fingerprint density at radius 2 is 1.60 bits per heavy atom. The van der Waals surface area contributed by atoms with Crippen LogP contribution in [0, 0.1) is 39.5 Å². The van der Waals surface area contributed by atoms with Gasteiger partial charge < -0.3 is 4.74 Å². The highest BCUT2D eigenvalue weighted by molar-refractivity contribution is 7.89. The summed E-state index contributed by atoms with van der Waals surface area (Å²) >= 11 is 0. The third-order valence-electron chi connectivity index (χ3n) is 3.74. The van der Waals surface area contributed by atoms with Crippen molar-refractivity contribution in [2.75, 3.05) is 13.2 Å². The molecule has 25 heavy (non-hydrogen) atoms. The number of nitrogens with one attached hydrogen (secondary N) is 1. The first-order valence-corrected chi connectivity index (χ1v) is 9.51. The van der Waals surface area contributed by atoms with Crippen molar-refractivity contribution in [3.63, 3.8) is 0 Å². The topological polar surface area (TPSA) is 55.4 Å². The second-order valence-electron chi connectivity index (χ2n) is 5.96. The summed E-state index contributed by atoms with van der Waals surface area (Å²) in [5.41, 5.74) is 3.55. The second kappa shape index (κ2) is 8.19. The summed E-state index contributed by atoms with van der Waals surface area (Å²) in [7, 11) is -3.58. The monoisotopic (exact) mass is 357 g/mol. The van der Waals surface area contributed by atoms with E-state index in [1.807, 2.05) is 50.2 Å². The Morgan fingerprint density at radius 3 is 2.24 bits per heavy atom. The first-order valence-electron chi connectivity index (χ1n) is 8.03. The molecule has 2 aromatic carbocycles. The highest BCUT2D eigenvalue weighted by atomic mass is 32.2. The number of hydrogen-bond donors (Lipinski definition) is 1. The van der Waals surface area contributed by atoms with E-state index in [9.17, 15) is 8.42 Å². The summed E-state index contributed by atoms with van der Waals surface area (Å²) in [5.74, 6) is 6.39. The fourth-order valence-corrected chi connectivity index (χ4v) is 4.11. The van der Waals surface area contributed by atoms with Crippen LogP contribution in [-0.4, -0.2) is 21.6 Å². The van der Waals surface area contributed by atoms with Crippen LogP contribution in [0.4, 0.5) is 0 Å². The molecule has 4 nitrogen and oxygen atoms in total. The Kier molecular flexibility index (Phi) is 6.24. The molecule has 0 radical (unpaired) electrons. The van der Waals surface area contributed by atoms with Crippen LogP contribution in [0.1, 0.15) is 22.3 Å². The standard InChI is InChI=1S/C20H23NO3S/c1-15-13-17(3)20(18(4)14-15)25(22,23)21-11-7-8-12-24-19-10-6-5-9-16(19)2/h5-6,9-10,13-14,21H,11-12H2,1-4H3. The summed E-state index contributed by atoms with van der Waals surface area (Å²) in [4.78, 5) is 0.330. The lowest BCUT2D eigenvalue weighted by molar-refractivity contribution is 0.367. The summed E-state index contributed by atoms with van der Waals surface area (Å²) in [5, 5.41) is 0. The lowest BCUT2D eigenvalue weighted by Gasteiger charge is -2.11. The molecule has 0 atom stereocenters. The predicted molar refractivity (Wildman–Crippen MR) is 100 cm³/mol. The maximum Gasteiger partial charge on any atom is 0.241 e. The number of sulfonamides is 1. The largest absolute Gasteiger partial charge is 0.481 e. The van der Waals surface area contributed by atoms with Crippen molar-refractivity contribution in [2.24, 2.45) is 0 Å². The second-order valence-corrected chi connectivity index (χ2v) is 7.66. The lowest BCUT2D eigenvalue weighted by Crippen LogP contribution is -2.25. The minimum atomic E-state index is -3.58. The van der Waals surface area contributed by atoms with Crippen LogP contribution in [0.15, 0.2) is 41.3 Å². The Balaban J connectivity index is 1.95. The van der Waals surface area contributed by atoms with Crippen molar-refractivity contribution in [1.29, 1.82) is 0 Å². The molecular formula is C20H23NO3S. The van der Waals surface area contributed by atoms with Crippen molar-refractivity contribution >= 4 is 10.0 Å². The lowest BCUT2D eigenvalue weighted by atomic mass is 10.1. The zero-order chi connectivity index (χ0) is 18.4. The smallest absolute Gasteiger partial charge is 0.241 e. The number of hydrogen-bond acceptors (Lipinski definition) is 3. The quantitative estimate of drug-likeness (QED) is 0.836. The molecule has 0 aliphatic carbocycles.